The molecule has 130 valence electrons. The second-order valence-electron chi connectivity index (χ2n) is 5.68. The lowest BCUT2D eigenvalue weighted by atomic mass is 10.2. The minimum absolute atomic E-state index is 0.0469. The first-order valence-corrected chi connectivity index (χ1v) is 9.30. The number of nitrogens with zero attached hydrogens (tertiary/aromatic N) is 1. The van der Waals surface area contributed by atoms with Crippen LogP contribution in [0.25, 0.3) is 11.0 Å². The maximum atomic E-state index is 11.9. The van der Waals surface area contributed by atoms with Gasteiger partial charge in [0.1, 0.15) is 5.82 Å². The number of carbonyl (C=O) groups excluding carboxylic acids is 2. The third-order valence-corrected chi connectivity index (χ3v) is 5.05. The molecule has 5 nitrogen and oxygen atoms in total. The van der Waals surface area contributed by atoms with Crippen LogP contribution >= 0.6 is 22.9 Å². The normalized spacial score (nSPS) is 10.9. The van der Waals surface area contributed by atoms with Gasteiger partial charge in [0, 0.05) is 25.8 Å². The lowest BCUT2D eigenvalue weighted by Gasteiger charge is -2.03. The van der Waals surface area contributed by atoms with Gasteiger partial charge in [-0.05, 0) is 30.7 Å². The highest BCUT2D eigenvalue weighted by molar-refractivity contribution is 7.18. The Balaban J connectivity index is 1.35. The smallest absolute Gasteiger partial charge is 0.220 e. The summed E-state index contributed by atoms with van der Waals surface area (Å²) in [5, 5.41) is 2.84. The lowest BCUT2D eigenvalue weighted by Crippen LogP contribution is -2.25. The van der Waals surface area contributed by atoms with Crippen LogP contribution < -0.4 is 5.32 Å². The number of para-hydroxylation sites is 2. The van der Waals surface area contributed by atoms with Crippen molar-refractivity contribution in [1.82, 2.24) is 15.3 Å². The van der Waals surface area contributed by atoms with E-state index in [2.05, 4.69) is 15.3 Å². The number of imidazole rings is 1. The van der Waals surface area contributed by atoms with Gasteiger partial charge in [0.15, 0.2) is 5.78 Å². The number of nitrogens with one attached hydrogen (secondary N) is 2. The molecule has 0 aliphatic rings. The highest BCUT2D eigenvalue weighted by atomic mass is 35.5. The number of carbonyl (C=O) groups is 2. The molecule has 2 aromatic heterocycles. The van der Waals surface area contributed by atoms with E-state index in [4.69, 9.17) is 11.6 Å². The zero-order valence-corrected chi connectivity index (χ0v) is 15.1. The third kappa shape index (κ3) is 4.90. The second-order valence-corrected chi connectivity index (χ2v) is 7.40. The predicted molar refractivity (Wildman–Crippen MR) is 100 cm³/mol. The summed E-state index contributed by atoms with van der Waals surface area (Å²) in [6.45, 7) is 0.564. The quantitative estimate of drug-likeness (QED) is 0.461. The summed E-state index contributed by atoms with van der Waals surface area (Å²) in [5.74, 6) is 0.759. The number of rotatable bonds is 8. The molecule has 0 atom stereocenters. The number of thiophene rings is 1. The number of H-pyrrole nitrogens is 1. The number of ketones is 1. The van der Waals surface area contributed by atoms with E-state index in [1.54, 1.807) is 12.1 Å². The number of hydrogen-bond donors (Lipinski definition) is 2. The van der Waals surface area contributed by atoms with Crippen molar-refractivity contribution in [3.05, 3.63) is 51.4 Å². The summed E-state index contributed by atoms with van der Waals surface area (Å²) in [7, 11) is 0. The molecule has 7 heteroatoms. The van der Waals surface area contributed by atoms with Gasteiger partial charge < -0.3 is 10.3 Å². The van der Waals surface area contributed by atoms with Crippen LogP contribution in [0.5, 0.6) is 0 Å². The van der Waals surface area contributed by atoms with Crippen LogP contribution in [0.3, 0.4) is 0 Å². The first-order valence-electron chi connectivity index (χ1n) is 8.10. The molecule has 0 saturated carbocycles. The van der Waals surface area contributed by atoms with E-state index in [0.717, 1.165) is 29.7 Å². The van der Waals surface area contributed by atoms with Gasteiger partial charge in [-0.15, -0.1) is 11.3 Å². The Morgan fingerprint density at radius 2 is 2.00 bits per heavy atom. The summed E-state index contributed by atoms with van der Waals surface area (Å²) in [6, 6.07) is 11.3. The maximum absolute atomic E-state index is 11.9. The summed E-state index contributed by atoms with van der Waals surface area (Å²) < 4.78 is 0.582. The standard InChI is InChI=1S/C18H18ClN3O2S/c19-16-9-8-15(25-16)14(23)7-10-18(24)20-11-3-6-17-21-12-4-1-2-5-13(12)22-17/h1-2,4-5,8-9H,3,6-7,10-11H2,(H,20,24)(H,21,22). The molecule has 0 spiro atoms. The molecule has 3 aromatic rings. The average molecular weight is 376 g/mol. The van der Waals surface area contributed by atoms with E-state index in [9.17, 15) is 9.59 Å². The molecule has 0 aliphatic heterocycles. The highest BCUT2D eigenvalue weighted by Gasteiger charge is 2.11. The van der Waals surface area contributed by atoms with Crippen molar-refractivity contribution in [1.29, 1.82) is 0 Å². The number of aryl methyl sites for hydroxylation is 1. The van der Waals surface area contributed by atoms with Crippen molar-refractivity contribution in [2.75, 3.05) is 6.54 Å². The molecule has 0 fully saturated rings. The van der Waals surface area contributed by atoms with Crippen LogP contribution in [-0.4, -0.2) is 28.2 Å². The number of Topliss-reactive ketones (excluding diaryl/α,β-unsaturated/α-hetero) is 1. The Morgan fingerprint density at radius 3 is 2.76 bits per heavy atom. The van der Waals surface area contributed by atoms with Crippen LogP contribution in [0.15, 0.2) is 36.4 Å². The average Bonchev–Trinajstić information content (AvgIpc) is 3.22. The fourth-order valence-electron chi connectivity index (χ4n) is 2.51. The number of amides is 1. The number of fused-ring (bicyclic) bond motifs is 1. The number of aromatic nitrogens is 2. The van der Waals surface area contributed by atoms with Gasteiger partial charge >= 0.3 is 0 Å². The minimum atomic E-state index is -0.111. The predicted octanol–water partition coefficient (Wildman–Crippen LogP) is 3.99. The van der Waals surface area contributed by atoms with Gasteiger partial charge in [0.2, 0.25) is 5.91 Å². The van der Waals surface area contributed by atoms with E-state index in [0.29, 0.717) is 15.8 Å². The fourth-order valence-corrected chi connectivity index (χ4v) is 3.52. The molecule has 1 aromatic carbocycles. The summed E-state index contributed by atoms with van der Waals surface area (Å²) >= 11 is 7.05. The van der Waals surface area contributed by atoms with E-state index in [-0.39, 0.29) is 24.5 Å². The minimum Gasteiger partial charge on any atom is -0.356 e. The molecule has 2 N–H and O–H groups in total. The van der Waals surface area contributed by atoms with E-state index >= 15 is 0 Å². The molecule has 25 heavy (non-hydrogen) atoms. The third-order valence-electron chi connectivity index (χ3n) is 3.78. The Morgan fingerprint density at radius 1 is 1.16 bits per heavy atom. The largest absolute Gasteiger partial charge is 0.356 e. The fraction of sp³-hybridized carbons (Fsp3) is 0.278. The first-order chi connectivity index (χ1) is 12.1. The van der Waals surface area contributed by atoms with E-state index < -0.39 is 0 Å². The van der Waals surface area contributed by atoms with Gasteiger partial charge in [-0.1, -0.05) is 23.7 Å². The Labute approximate surface area is 154 Å². The molecule has 1 amide bonds. The van der Waals surface area contributed by atoms with E-state index in [1.807, 2.05) is 24.3 Å². The van der Waals surface area contributed by atoms with Crippen LogP contribution in [0.4, 0.5) is 0 Å². The summed E-state index contributed by atoms with van der Waals surface area (Å²) in [6.07, 6.45) is 1.95. The second kappa shape index (κ2) is 8.27. The summed E-state index contributed by atoms with van der Waals surface area (Å²) in [5.41, 5.74) is 1.97. The van der Waals surface area contributed by atoms with Gasteiger partial charge in [0.25, 0.3) is 0 Å². The highest BCUT2D eigenvalue weighted by Crippen LogP contribution is 2.22. The van der Waals surface area contributed by atoms with Crippen LogP contribution in [-0.2, 0) is 11.2 Å². The van der Waals surface area contributed by atoms with Crippen LogP contribution in [0, 0.1) is 0 Å². The number of halogens is 1. The Bertz CT molecular complexity index is 854. The molecule has 2 heterocycles. The molecular formula is C18H18ClN3O2S. The van der Waals surface area contributed by atoms with Crippen molar-refractivity contribution in [2.24, 2.45) is 0 Å². The van der Waals surface area contributed by atoms with Crippen molar-refractivity contribution in [2.45, 2.75) is 25.7 Å². The van der Waals surface area contributed by atoms with Gasteiger partial charge in [-0.2, -0.15) is 0 Å². The Kier molecular flexibility index (Phi) is 5.83. The monoisotopic (exact) mass is 375 g/mol. The van der Waals surface area contributed by atoms with Crippen LogP contribution in [0.1, 0.15) is 34.8 Å². The van der Waals surface area contributed by atoms with Crippen molar-refractivity contribution < 1.29 is 9.59 Å². The zero-order chi connectivity index (χ0) is 17.6. The molecular weight excluding hydrogens is 358 g/mol. The topological polar surface area (TPSA) is 74.8 Å². The summed E-state index contributed by atoms with van der Waals surface area (Å²) in [4.78, 5) is 32.1. The molecule has 0 unspecified atom stereocenters. The van der Waals surface area contributed by atoms with Crippen molar-refractivity contribution >= 4 is 45.7 Å². The molecule has 0 saturated heterocycles. The lowest BCUT2D eigenvalue weighted by molar-refractivity contribution is -0.121. The first kappa shape index (κ1) is 17.6. The van der Waals surface area contributed by atoms with Gasteiger partial charge in [-0.25, -0.2) is 4.98 Å². The zero-order valence-electron chi connectivity index (χ0n) is 13.5. The van der Waals surface area contributed by atoms with Crippen LogP contribution in [0.2, 0.25) is 4.34 Å². The van der Waals surface area contributed by atoms with Gasteiger partial charge in [0.05, 0.1) is 20.2 Å². The molecule has 0 radical (unpaired) electrons. The maximum Gasteiger partial charge on any atom is 0.220 e. The van der Waals surface area contributed by atoms with E-state index in [1.165, 1.54) is 11.3 Å². The van der Waals surface area contributed by atoms with Gasteiger partial charge in [-0.3, -0.25) is 9.59 Å². The SMILES string of the molecule is O=C(CCC(=O)c1ccc(Cl)s1)NCCCc1nc2ccccc2[nH]1. The number of benzene rings is 1. The number of aromatic amines is 1. The molecule has 0 aliphatic carbocycles. The molecule has 3 rings (SSSR count). The van der Waals surface area contributed by atoms with Crippen molar-refractivity contribution in [3.8, 4) is 0 Å². The van der Waals surface area contributed by atoms with Crippen molar-refractivity contribution in [3.63, 3.8) is 0 Å². The number of hydrogen-bond acceptors (Lipinski definition) is 4. The molecule has 0 bridgehead atoms. The Hall–Kier alpha value is -2.18.